The van der Waals surface area contributed by atoms with Crippen LogP contribution in [0, 0.1) is 0 Å². The van der Waals surface area contributed by atoms with Gasteiger partial charge in [-0.15, -0.1) is 0 Å². The molecule has 4 aromatic rings. The zero-order valence-corrected chi connectivity index (χ0v) is 17.3. The predicted molar refractivity (Wildman–Crippen MR) is 117 cm³/mol. The van der Waals surface area contributed by atoms with E-state index in [0.29, 0.717) is 10.6 Å². The van der Waals surface area contributed by atoms with Crippen LogP contribution in [0.4, 0.5) is 5.69 Å². The third-order valence-electron chi connectivity index (χ3n) is 5.18. The Bertz CT molecular complexity index is 1260. The summed E-state index contributed by atoms with van der Waals surface area (Å²) in [6, 6.07) is 16.6. The van der Waals surface area contributed by atoms with E-state index in [4.69, 9.17) is 0 Å². The monoisotopic (exact) mass is 421 g/mol. The van der Waals surface area contributed by atoms with E-state index in [0.717, 1.165) is 45.7 Å². The lowest BCUT2D eigenvalue weighted by molar-refractivity contribution is 0.600. The fourth-order valence-electron chi connectivity index (χ4n) is 3.67. The average Bonchev–Trinajstić information content (AvgIpc) is 3.18. The number of anilines is 1. The van der Waals surface area contributed by atoms with E-state index in [9.17, 15) is 8.42 Å². The molecule has 2 aromatic heterocycles. The summed E-state index contributed by atoms with van der Waals surface area (Å²) in [4.78, 5) is 10.1. The highest BCUT2D eigenvalue weighted by atomic mass is 32.2. The highest BCUT2D eigenvalue weighted by Crippen LogP contribution is 2.30. The molecule has 0 amide bonds. The maximum atomic E-state index is 12.8. The normalized spacial score (nSPS) is 13.9. The fourth-order valence-corrected chi connectivity index (χ4v) is 5.69. The number of benzene rings is 2. The molecule has 0 aliphatic heterocycles. The molecular formula is C22H19N3O2S2. The van der Waals surface area contributed by atoms with Crippen molar-refractivity contribution in [2.24, 2.45) is 0 Å². The summed E-state index contributed by atoms with van der Waals surface area (Å²) in [6.45, 7) is 0. The molecule has 2 aromatic carbocycles. The van der Waals surface area contributed by atoms with Crippen molar-refractivity contribution < 1.29 is 8.42 Å². The predicted octanol–water partition coefficient (Wildman–Crippen LogP) is 5.04. The molecule has 2 heterocycles. The summed E-state index contributed by atoms with van der Waals surface area (Å²) in [7, 11) is -3.62. The Labute approximate surface area is 173 Å². The second kappa shape index (κ2) is 7.24. The van der Waals surface area contributed by atoms with Crippen molar-refractivity contribution in [3.05, 3.63) is 71.9 Å². The van der Waals surface area contributed by atoms with Gasteiger partial charge in [0.25, 0.3) is 10.0 Å². The molecule has 0 unspecified atom stereocenters. The number of fused-ring (bicyclic) bond motifs is 2. The summed E-state index contributed by atoms with van der Waals surface area (Å²) in [5.74, 6) is 0. The van der Waals surface area contributed by atoms with Gasteiger partial charge < -0.3 is 0 Å². The second-order valence-electron chi connectivity index (χ2n) is 7.17. The van der Waals surface area contributed by atoms with Crippen LogP contribution in [0.1, 0.15) is 24.0 Å². The minimum absolute atomic E-state index is 0.319. The molecule has 0 saturated carbocycles. The largest absolute Gasteiger partial charge is 0.280 e. The summed E-state index contributed by atoms with van der Waals surface area (Å²) >= 11 is 1.52. The summed E-state index contributed by atoms with van der Waals surface area (Å²) in [5, 5.41) is 0.864. The molecule has 0 bridgehead atoms. The number of hydrogen-bond acceptors (Lipinski definition) is 5. The average molecular weight is 422 g/mol. The first-order valence-corrected chi connectivity index (χ1v) is 11.9. The van der Waals surface area contributed by atoms with Gasteiger partial charge in [0.1, 0.15) is 15.4 Å². The quantitative estimate of drug-likeness (QED) is 0.501. The van der Waals surface area contributed by atoms with Gasteiger partial charge in [-0.25, -0.2) is 18.4 Å². The van der Waals surface area contributed by atoms with E-state index in [2.05, 4.69) is 14.7 Å². The van der Waals surface area contributed by atoms with Crippen LogP contribution in [-0.4, -0.2) is 18.4 Å². The Morgan fingerprint density at radius 3 is 2.52 bits per heavy atom. The molecule has 1 N–H and O–H groups in total. The molecule has 0 radical (unpaired) electrons. The van der Waals surface area contributed by atoms with E-state index in [1.165, 1.54) is 23.3 Å². The first-order valence-electron chi connectivity index (χ1n) is 9.55. The maximum absolute atomic E-state index is 12.8. The molecule has 0 saturated heterocycles. The zero-order valence-electron chi connectivity index (χ0n) is 15.6. The van der Waals surface area contributed by atoms with Crippen LogP contribution in [0.2, 0.25) is 0 Å². The first-order chi connectivity index (χ1) is 14.1. The molecule has 0 atom stereocenters. The Hall–Kier alpha value is -2.77. The molecular weight excluding hydrogens is 402 g/mol. The van der Waals surface area contributed by atoms with Gasteiger partial charge in [-0.2, -0.15) is 0 Å². The Kier molecular flexibility index (Phi) is 4.56. The summed E-state index contributed by atoms with van der Waals surface area (Å²) in [6.07, 6.45) is 6.03. The Morgan fingerprint density at radius 2 is 1.72 bits per heavy atom. The van der Waals surface area contributed by atoms with Crippen molar-refractivity contribution in [1.82, 2.24) is 9.97 Å². The Morgan fingerprint density at radius 1 is 0.931 bits per heavy atom. The number of nitrogens with zero attached hydrogens (tertiary/aromatic N) is 2. The molecule has 5 nitrogen and oxygen atoms in total. The summed E-state index contributed by atoms with van der Waals surface area (Å²) < 4.78 is 28.3. The lowest BCUT2D eigenvalue weighted by Gasteiger charge is -2.17. The van der Waals surface area contributed by atoms with Gasteiger partial charge in [0, 0.05) is 17.4 Å². The SMILES string of the molecule is O=S(=O)(Nc1ccc(-c2nc3cccnc3s2)cc1)c1ccc2c(c1)CCCC2. The van der Waals surface area contributed by atoms with E-state index in [1.54, 1.807) is 24.4 Å². The van der Waals surface area contributed by atoms with Crippen LogP contribution in [0.3, 0.4) is 0 Å². The Balaban J connectivity index is 1.38. The first kappa shape index (κ1) is 18.3. The van der Waals surface area contributed by atoms with Crippen molar-refractivity contribution in [3.63, 3.8) is 0 Å². The smallest absolute Gasteiger partial charge is 0.261 e. The fraction of sp³-hybridized carbons (Fsp3) is 0.182. The van der Waals surface area contributed by atoms with Crippen LogP contribution >= 0.6 is 11.3 Å². The highest BCUT2D eigenvalue weighted by molar-refractivity contribution is 7.92. The lowest BCUT2D eigenvalue weighted by Crippen LogP contribution is -2.14. The second-order valence-corrected chi connectivity index (χ2v) is 9.83. The number of pyridine rings is 1. The van der Waals surface area contributed by atoms with Crippen molar-refractivity contribution >= 4 is 37.4 Å². The standard InChI is InChI=1S/C22H19N3O2S2/c26-29(27,19-12-9-15-4-1-2-5-17(15)14-19)25-18-10-7-16(8-11-18)21-24-20-6-3-13-23-22(20)28-21/h3,6-14,25H,1-2,4-5H2. The highest BCUT2D eigenvalue weighted by Gasteiger charge is 2.18. The number of aryl methyl sites for hydroxylation is 2. The van der Waals surface area contributed by atoms with E-state index < -0.39 is 10.0 Å². The van der Waals surface area contributed by atoms with Crippen LogP contribution in [0.25, 0.3) is 20.9 Å². The molecule has 29 heavy (non-hydrogen) atoms. The van der Waals surface area contributed by atoms with Gasteiger partial charge in [0.05, 0.1) is 4.90 Å². The summed E-state index contributed by atoms with van der Waals surface area (Å²) in [5.41, 5.74) is 4.75. The molecule has 1 aliphatic rings. The van der Waals surface area contributed by atoms with E-state index >= 15 is 0 Å². The number of aromatic nitrogens is 2. The molecule has 5 rings (SSSR count). The molecule has 146 valence electrons. The van der Waals surface area contributed by atoms with Gasteiger partial charge in [-0.05, 0) is 85.3 Å². The van der Waals surface area contributed by atoms with Crippen molar-refractivity contribution in [1.29, 1.82) is 0 Å². The van der Waals surface area contributed by atoms with Gasteiger partial charge in [-0.1, -0.05) is 17.4 Å². The number of sulfonamides is 1. The van der Waals surface area contributed by atoms with Gasteiger partial charge in [0.2, 0.25) is 0 Å². The molecule has 0 fully saturated rings. The number of hydrogen-bond donors (Lipinski definition) is 1. The molecule has 1 aliphatic carbocycles. The van der Waals surface area contributed by atoms with Crippen LogP contribution in [-0.2, 0) is 22.9 Å². The third kappa shape index (κ3) is 3.63. The van der Waals surface area contributed by atoms with E-state index in [1.807, 2.05) is 36.4 Å². The van der Waals surface area contributed by atoms with Crippen molar-refractivity contribution in [2.45, 2.75) is 30.6 Å². The van der Waals surface area contributed by atoms with Crippen LogP contribution < -0.4 is 4.72 Å². The molecule has 0 spiro atoms. The van der Waals surface area contributed by atoms with Crippen LogP contribution in [0.15, 0.2) is 65.7 Å². The van der Waals surface area contributed by atoms with Crippen molar-refractivity contribution in [2.75, 3.05) is 4.72 Å². The minimum Gasteiger partial charge on any atom is -0.280 e. The van der Waals surface area contributed by atoms with Gasteiger partial charge in [-0.3, -0.25) is 4.72 Å². The third-order valence-corrected chi connectivity index (χ3v) is 7.59. The number of nitrogens with one attached hydrogen (secondary N) is 1. The molecule has 7 heteroatoms. The van der Waals surface area contributed by atoms with Crippen LogP contribution in [0.5, 0.6) is 0 Å². The van der Waals surface area contributed by atoms with Crippen molar-refractivity contribution in [3.8, 4) is 10.6 Å². The van der Waals surface area contributed by atoms with E-state index in [-0.39, 0.29) is 0 Å². The topological polar surface area (TPSA) is 72.0 Å². The zero-order chi connectivity index (χ0) is 19.8. The minimum atomic E-state index is -3.62. The number of thiazole rings is 1. The lowest BCUT2D eigenvalue weighted by atomic mass is 9.92. The number of rotatable bonds is 4. The van der Waals surface area contributed by atoms with Gasteiger partial charge >= 0.3 is 0 Å². The van der Waals surface area contributed by atoms with Gasteiger partial charge in [0.15, 0.2) is 0 Å². The maximum Gasteiger partial charge on any atom is 0.261 e.